The third kappa shape index (κ3) is 2.30. The number of nitrogens with two attached hydrogens (primary N) is 1. The van der Waals surface area contributed by atoms with E-state index < -0.39 is 0 Å². The Balaban J connectivity index is 2.20. The first kappa shape index (κ1) is 12.4. The lowest BCUT2D eigenvalue weighted by Gasteiger charge is -2.42. The van der Waals surface area contributed by atoms with Crippen LogP contribution in [0.1, 0.15) is 25.1 Å². The van der Waals surface area contributed by atoms with Crippen LogP contribution in [0.15, 0.2) is 0 Å². The highest BCUT2D eigenvalue weighted by molar-refractivity contribution is 5.42. The fourth-order valence-electron chi connectivity index (χ4n) is 2.29. The average molecular weight is 238 g/mol. The standard InChI is InChI=1S/C12H22N4O/c1-9-10(11(13)15(4)14-9)7-16-5-6-17-8-12(16,2)3/h5-8,13H2,1-4H3. The smallest absolute Gasteiger partial charge is 0.126 e. The van der Waals surface area contributed by atoms with Crippen LogP contribution in [0.4, 0.5) is 5.82 Å². The summed E-state index contributed by atoms with van der Waals surface area (Å²) in [5, 5.41) is 4.36. The molecule has 5 nitrogen and oxygen atoms in total. The molecular weight excluding hydrogens is 216 g/mol. The van der Waals surface area contributed by atoms with Crippen molar-refractivity contribution in [2.24, 2.45) is 7.05 Å². The molecule has 0 spiro atoms. The molecule has 2 rings (SSSR count). The molecule has 0 amide bonds. The maximum atomic E-state index is 6.05. The first-order chi connectivity index (χ1) is 7.92. The van der Waals surface area contributed by atoms with Crippen LogP contribution in [0.25, 0.3) is 0 Å². The van der Waals surface area contributed by atoms with E-state index in [2.05, 4.69) is 23.8 Å². The number of ether oxygens (including phenoxy) is 1. The predicted octanol–water partition coefficient (Wildman–Crippen LogP) is 0.922. The van der Waals surface area contributed by atoms with Gasteiger partial charge in [-0.25, -0.2) is 0 Å². The van der Waals surface area contributed by atoms with Gasteiger partial charge in [0.15, 0.2) is 0 Å². The normalized spacial score (nSPS) is 20.7. The zero-order valence-electron chi connectivity index (χ0n) is 11.2. The molecule has 1 aromatic rings. The number of aromatic nitrogens is 2. The molecule has 96 valence electrons. The van der Waals surface area contributed by atoms with Gasteiger partial charge in [-0.05, 0) is 20.8 Å². The lowest BCUT2D eigenvalue weighted by molar-refractivity contribution is -0.0552. The highest BCUT2D eigenvalue weighted by Gasteiger charge is 2.31. The minimum Gasteiger partial charge on any atom is -0.384 e. The summed E-state index contributed by atoms with van der Waals surface area (Å²) in [5.74, 6) is 0.768. The lowest BCUT2D eigenvalue weighted by Crippen LogP contribution is -2.52. The Labute approximate surface area is 103 Å². The van der Waals surface area contributed by atoms with Gasteiger partial charge in [-0.1, -0.05) is 0 Å². The van der Waals surface area contributed by atoms with Gasteiger partial charge in [0, 0.05) is 31.2 Å². The maximum absolute atomic E-state index is 6.05. The van der Waals surface area contributed by atoms with E-state index in [1.807, 2.05) is 14.0 Å². The van der Waals surface area contributed by atoms with Gasteiger partial charge in [0.25, 0.3) is 0 Å². The minimum absolute atomic E-state index is 0.0625. The summed E-state index contributed by atoms with van der Waals surface area (Å²) in [5.41, 5.74) is 8.28. The highest BCUT2D eigenvalue weighted by Crippen LogP contribution is 2.25. The van der Waals surface area contributed by atoms with Crippen molar-refractivity contribution in [2.45, 2.75) is 32.9 Å². The molecule has 0 bridgehead atoms. The van der Waals surface area contributed by atoms with Gasteiger partial charge in [-0.15, -0.1) is 0 Å². The Morgan fingerprint density at radius 1 is 1.47 bits per heavy atom. The van der Waals surface area contributed by atoms with E-state index in [4.69, 9.17) is 10.5 Å². The molecule has 2 heterocycles. The van der Waals surface area contributed by atoms with Crippen molar-refractivity contribution in [3.63, 3.8) is 0 Å². The number of rotatable bonds is 2. The van der Waals surface area contributed by atoms with E-state index in [0.29, 0.717) is 0 Å². The number of aryl methyl sites for hydroxylation is 2. The molecular formula is C12H22N4O. The molecule has 0 atom stereocenters. The first-order valence-electron chi connectivity index (χ1n) is 6.02. The summed E-state index contributed by atoms with van der Waals surface area (Å²) < 4.78 is 7.27. The fraction of sp³-hybridized carbons (Fsp3) is 0.750. The van der Waals surface area contributed by atoms with Crippen LogP contribution in [0.2, 0.25) is 0 Å². The van der Waals surface area contributed by atoms with Crippen LogP contribution in [-0.4, -0.2) is 40.0 Å². The summed E-state index contributed by atoms with van der Waals surface area (Å²) in [6, 6.07) is 0. The largest absolute Gasteiger partial charge is 0.384 e. The highest BCUT2D eigenvalue weighted by atomic mass is 16.5. The third-order valence-electron chi connectivity index (χ3n) is 3.56. The van der Waals surface area contributed by atoms with E-state index >= 15 is 0 Å². The zero-order chi connectivity index (χ0) is 12.6. The van der Waals surface area contributed by atoms with E-state index in [0.717, 1.165) is 43.4 Å². The van der Waals surface area contributed by atoms with Crippen molar-refractivity contribution in [3.05, 3.63) is 11.3 Å². The molecule has 0 radical (unpaired) electrons. The minimum atomic E-state index is 0.0625. The van der Waals surface area contributed by atoms with Gasteiger partial charge in [0.2, 0.25) is 0 Å². The second kappa shape index (κ2) is 4.31. The molecule has 1 saturated heterocycles. The van der Waals surface area contributed by atoms with E-state index in [1.165, 1.54) is 0 Å². The quantitative estimate of drug-likeness (QED) is 0.832. The molecule has 2 N–H and O–H groups in total. The summed E-state index contributed by atoms with van der Waals surface area (Å²) in [7, 11) is 1.89. The van der Waals surface area contributed by atoms with E-state index in [9.17, 15) is 0 Å². The van der Waals surface area contributed by atoms with Crippen molar-refractivity contribution in [2.75, 3.05) is 25.5 Å². The molecule has 1 fully saturated rings. The summed E-state index contributed by atoms with van der Waals surface area (Å²) in [6.07, 6.45) is 0. The van der Waals surface area contributed by atoms with E-state index in [1.54, 1.807) is 4.68 Å². The van der Waals surface area contributed by atoms with Gasteiger partial charge in [0.05, 0.1) is 18.9 Å². The molecule has 0 aromatic carbocycles. The van der Waals surface area contributed by atoms with Gasteiger partial charge >= 0.3 is 0 Å². The van der Waals surface area contributed by atoms with Gasteiger partial charge in [0.1, 0.15) is 5.82 Å². The number of hydrogen-bond donors (Lipinski definition) is 1. The molecule has 1 aliphatic heterocycles. The van der Waals surface area contributed by atoms with Crippen molar-refractivity contribution >= 4 is 5.82 Å². The Bertz CT molecular complexity index is 411. The summed E-state index contributed by atoms with van der Waals surface area (Å²) in [6.45, 7) is 9.78. The predicted molar refractivity (Wildman–Crippen MR) is 67.7 cm³/mol. The zero-order valence-corrected chi connectivity index (χ0v) is 11.2. The second-order valence-corrected chi connectivity index (χ2v) is 5.36. The van der Waals surface area contributed by atoms with Crippen LogP contribution < -0.4 is 5.73 Å². The van der Waals surface area contributed by atoms with Crippen LogP contribution >= 0.6 is 0 Å². The molecule has 1 aliphatic rings. The Morgan fingerprint density at radius 2 is 2.18 bits per heavy atom. The van der Waals surface area contributed by atoms with Crippen molar-refractivity contribution < 1.29 is 4.74 Å². The van der Waals surface area contributed by atoms with E-state index in [-0.39, 0.29) is 5.54 Å². The lowest BCUT2D eigenvalue weighted by atomic mass is 10.0. The SMILES string of the molecule is Cc1nn(C)c(N)c1CN1CCOCC1(C)C. The van der Waals surface area contributed by atoms with Crippen LogP contribution in [-0.2, 0) is 18.3 Å². The van der Waals surface area contributed by atoms with Crippen LogP contribution in [0, 0.1) is 6.92 Å². The number of nitrogen functional groups attached to an aromatic ring is 1. The van der Waals surface area contributed by atoms with Crippen molar-refractivity contribution in [1.29, 1.82) is 0 Å². The monoisotopic (exact) mass is 238 g/mol. The van der Waals surface area contributed by atoms with Crippen molar-refractivity contribution in [1.82, 2.24) is 14.7 Å². The van der Waals surface area contributed by atoms with Gasteiger partial charge < -0.3 is 10.5 Å². The summed E-state index contributed by atoms with van der Waals surface area (Å²) >= 11 is 0. The summed E-state index contributed by atoms with van der Waals surface area (Å²) in [4.78, 5) is 2.41. The third-order valence-corrected chi connectivity index (χ3v) is 3.56. The van der Waals surface area contributed by atoms with Crippen LogP contribution in [0.5, 0.6) is 0 Å². The molecule has 17 heavy (non-hydrogen) atoms. The molecule has 5 heteroatoms. The Hall–Kier alpha value is -1.07. The molecule has 0 aliphatic carbocycles. The van der Waals surface area contributed by atoms with Crippen molar-refractivity contribution in [3.8, 4) is 0 Å². The fourth-order valence-corrected chi connectivity index (χ4v) is 2.29. The first-order valence-corrected chi connectivity index (χ1v) is 6.02. The second-order valence-electron chi connectivity index (χ2n) is 5.36. The number of morpholine rings is 1. The molecule has 1 aromatic heterocycles. The van der Waals surface area contributed by atoms with Gasteiger partial charge in [-0.3, -0.25) is 9.58 Å². The molecule has 0 unspecified atom stereocenters. The Kier molecular flexibility index (Phi) is 3.14. The number of nitrogens with zero attached hydrogens (tertiary/aromatic N) is 3. The topological polar surface area (TPSA) is 56.3 Å². The van der Waals surface area contributed by atoms with Crippen LogP contribution in [0.3, 0.4) is 0 Å². The van der Waals surface area contributed by atoms with Gasteiger partial charge in [-0.2, -0.15) is 5.10 Å². The Morgan fingerprint density at radius 3 is 2.71 bits per heavy atom. The maximum Gasteiger partial charge on any atom is 0.126 e. The molecule has 0 saturated carbocycles. The average Bonchev–Trinajstić information content (AvgIpc) is 2.47. The number of hydrogen-bond acceptors (Lipinski definition) is 4. The number of anilines is 1.